The first-order valence-corrected chi connectivity index (χ1v) is 6.07. The van der Waals surface area contributed by atoms with Crippen LogP contribution in [0.3, 0.4) is 0 Å². The fourth-order valence-electron chi connectivity index (χ4n) is 1.42. The second-order valence-electron chi connectivity index (χ2n) is 3.43. The second-order valence-corrected chi connectivity index (χ2v) is 4.21. The second kappa shape index (κ2) is 5.68. The third-order valence-electron chi connectivity index (χ3n) is 2.28. The summed E-state index contributed by atoms with van der Waals surface area (Å²) in [5.74, 6) is 0. The molecule has 0 aliphatic heterocycles. The molecule has 0 unspecified atom stereocenters. The van der Waals surface area contributed by atoms with Gasteiger partial charge in [-0.3, -0.25) is 0 Å². The number of nitrogens with one attached hydrogen (secondary N) is 1. The van der Waals surface area contributed by atoms with Crippen LogP contribution >= 0.6 is 11.3 Å². The van der Waals surface area contributed by atoms with Gasteiger partial charge in [0, 0.05) is 25.5 Å². The number of hydrogen-bond acceptors (Lipinski definition) is 3. The summed E-state index contributed by atoms with van der Waals surface area (Å²) in [6.45, 7) is 3.04. The number of rotatable bonds is 6. The molecule has 80 valence electrons. The Hall–Kier alpha value is -1.13. The van der Waals surface area contributed by atoms with Crippen molar-refractivity contribution in [1.82, 2.24) is 14.9 Å². The minimum absolute atomic E-state index is 0.990. The normalized spacial score (nSPS) is 10.7. The Kier molecular flexibility index (Phi) is 3.93. The minimum Gasteiger partial charge on any atom is -0.336 e. The number of thiophene rings is 1. The molecular weight excluding hydrogens is 206 g/mol. The molecule has 2 aromatic rings. The van der Waals surface area contributed by atoms with E-state index in [1.165, 1.54) is 5.56 Å². The van der Waals surface area contributed by atoms with Crippen LogP contribution < -0.4 is 5.32 Å². The fourth-order valence-corrected chi connectivity index (χ4v) is 2.12. The van der Waals surface area contributed by atoms with Gasteiger partial charge in [-0.05, 0) is 35.4 Å². The van der Waals surface area contributed by atoms with E-state index in [-0.39, 0.29) is 0 Å². The van der Waals surface area contributed by atoms with Gasteiger partial charge >= 0.3 is 0 Å². The first kappa shape index (κ1) is 10.4. The highest BCUT2D eigenvalue weighted by Crippen LogP contribution is 2.05. The third kappa shape index (κ3) is 3.49. The topological polar surface area (TPSA) is 29.9 Å². The lowest BCUT2D eigenvalue weighted by Gasteiger charge is -2.04. The molecule has 1 N–H and O–H groups in total. The highest BCUT2D eigenvalue weighted by atomic mass is 32.1. The van der Waals surface area contributed by atoms with Gasteiger partial charge in [0.25, 0.3) is 0 Å². The molecule has 2 aromatic heterocycles. The molecule has 3 nitrogen and oxygen atoms in total. The Balaban J connectivity index is 1.56. The van der Waals surface area contributed by atoms with Gasteiger partial charge in [-0.1, -0.05) is 0 Å². The zero-order valence-corrected chi connectivity index (χ0v) is 9.41. The molecule has 0 bridgehead atoms. The Morgan fingerprint density at radius 3 is 3.13 bits per heavy atom. The van der Waals surface area contributed by atoms with Crippen LogP contribution in [0.4, 0.5) is 0 Å². The van der Waals surface area contributed by atoms with E-state index in [1.54, 1.807) is 11.3 Å². The molecule has 15 heavy (non-hydrogen) atoms. The molecule has 0 saturated carbocycles. The Morgan fingerprint density at radius 1 is 1.40 bits per heavy atom. The molecule has 0 atom stereocenters. The number of hydrogen-bond donors (Lipinski definition) is 1. The maximum Gasteiger partial charge on any atom is 0.0946 e. The van der Waals surface area contributed by atoms with Gasteiger partial charge < -0.3 is 9.88 Å². The van der Waals surface area contributed by atoms with Gasteiger partial charge in [0.2, 0.25) is 0 Å². The summed E-state index contributed by atoms with van der Waals surface area (Å²) in [5.41, 5.74) is 1.43. The van der Waals surface area contributed by atoms with Crippen molar-refractivity contribution in [2.24, 2.45) is 0 Å². The molecule has 0 saturated heterocycles. The van der Waals surface area contributed by atoms with Crippen LogP contribution in [0.25, 0.3) is 0 Å². The van der Waals surface area contributed by atoms with E-state index in [1.807, 2.05) is 18.7 Å². The van der Waals surface area contributed by atoms with Crippen molar-refractivity contribution in [2.45, 2.75) is 13.0 Å². The molecule has 0 aromatic carbocycles. The van der Waals surface area contributed by atoms with Gasteiger partial charge in [-0.25, -0.2) is 4.98 Å². The molecular formula is C11H15N3S. The van der Waals surface area contributed by atoms with Crippen molar-refractivity contribution >= 4 is 11.3 Å². The fraction of sp³-hybridized carbons (Fsp3) is 0.364. The van der Waals surface area contributed by atoms with Gasteiger partial charge in [0.05, 0.1) is 6.33 Å². The predicted octanol–water partition coefficient (Wildman–Crippen LogP) is 1.78. The summed E-state index contributed by atoms with van der Waals surface area (Å²) in [6.07, 6.45) is 6.76. The van der Waals surface area contributed by atoms with Crippen LogP contribution in [0, 0.1) is 0 Å². The number of nitrogens with zero attached hydrogens (tertiary/aromatic N) is 2. The third-order valence-corrected chi connectivity index (χ3v) is 3.01. The smallest absolute Gasteiger partial charge is 0.0946 e. The van der Waals surface area contributed by atoms with E-state index >= 15 is 0 Å². The SMILES string of the molecule is c1cn(CCNCCc2ccsc2)cn1. The monoisotopic (exact) mass is 221 g/mol. The molecule has 2 rings (SSSR count). The Bertz CT molecular complexity index is 317. The lowest BCUT2D eigenvalue weighted by molar-refractivity contribution is 0.598. The van der Waals surface area contributed by atoms with Gasteiger partial charge in [-0.2, -0.15) is 11.3 Å². The quantitative estimate of drug-likeness (QED) is 0.754. The van der Waals surface area contributed by atoms with Crippen molar-refractivity contribution in [3.05, 3.63) is 41.1 Å². The lowest BCUT2D eigenvalue weighted by atomic mass is 10.2. The van der Waals surface area contributed by atoms with Gasteiger partial charge in [0.15, 0.2) is 0 Å². The Morgan fingerprint density at radius 2 is 2.40 bits per heavy atom. The molecule has 0 fully saturated rings. The summed E-state index contributed by atoms with van der Waals surface area (Å²) in [4.78, 5) is 4.00. The molecule has 0 radical (unpaired) electrons. The zero-order chi connectivity index (χ0) is 10.3. The molecule has 0 amide bonds. The number of aromatic nitrogens is 2. The van der Waals surface area contributed by atoms with E-state index in [2.05, 4.69) is 31.7 Å². The molecule has 2 heterocycles. The van der Waals surface area contributed by atoms with E-state index in [0.29, 0.717) is 0 Å². The molecule has 0 spiro atoms. The van der Waals surface area contributed by atoms with Crippen LogP contribution in [0.2, 0.25) is 0 Å². The van der Waals surface area contributed by atoms with Crippen LogP contribution in [0.1, 0.15) is 5.56 Å². The molecule has 0 aliphatic carbocycles. The molecule has 0 aliphatic rings. The summed E-state index contributed by atoms with van der Waals surface area (Å²) >= 11 is 1.76. The van der Waals surface area contributed by atoms with Crippen molar-refractivity contribution in [3.63, 3.8) is 0 Å². The highest BCUT2D eigenvalue weighted by Gasteiger charge is 1.93. The average Bonchev–Trinajstić information content (AvgIpc) is 2.88. The number of imidazole rings is 1. The van der Waals surface area contributed by atoms with Crippen LogP contribution in [0.15, 0.2) is 35.5 Å². The van der Waals surface area contributed by atoms with E-state index < -0.39 is 0 Å². The summed E-state index contributed by atoms with van der Waals surface area (Å²) in [5, 5.41) is 7.75. The standard InChI is InChI=1S/C11H15N3S/c1(11-2-8-15-9-11)3-12-4-6-14-7-5-13-10-14/h2,5,7-10,12H,1,3-4,6H2. The minimum atomic E-state index is 0.990. The summed E-state index contributed by atoms with van der Waals surface area (Å²) < 4.78 is 2.08. The largest absolute Gasteiger partial charge is 0.336 e. The van der Waals surface area contributed by atoms with Crippen molar-refractivity contribution in [3.8, 4) is 0 Å². The van der Waals surface area contributed by atoms with Crippen LogP contribution in [0.5, 0.6) is 0 Å². The van der Waals surface area contributed by atoms with E-state index in [0.717, 1.165) is 26.1 Å². The lowest BCUT2D eigenvalue weighted by Crippen LogP contribution is -2.21. The van der Waals surface area contributed by atoms with Crippen molar-refractivity contribution in [1.29, 1.82) is 0 Å². The van der Waals surface area contributed by atoms with E-state index in [4.69, 9.17) is 0 Å². The van der Waals surface area contributed by atoms with Crippen LogP contribution in [-0.4, -0.2) is 22.6 Å². The van der Waals surface area contributed by atoms with Crippen molar-refractivity contribution in [2.75, 3.05) is 13.1 Å². The predicted molar refractivity (Wildman–Crippen MR) is 63.1 cm³/mol. The maximum atomic E-state index is 4.00. The summed E-state index contributed by atoms with van der Waals surface area (Å²) in [7, 11) is 0. The zero-order valence-electron chi connectivity index (χ0n) is 8.60. The Labute approximate surface area is 93.8 Å². The first-order valence-electron chi connectivity index (χ1n) is 5.13. The highest BCUT2D eigenvalue weighted by molar-refractivity contribution is 7.07. The van der Waals surface area contributed by atoms with Gasteiger partial charge in [0.1, 0.15) is 0 Å². The summed E-state index contributed by atoms with van der Waals surface area (Å²) in [6, 6.07) is 2.18. The maximum absolute atomic E-state index is 4.00. The van der Waals surface area contributed by atoms with Gasteiger partial charge in [-0.15, -0.1) is 0 Å². The van der Waals surface area contributed by atoms with Crippen LogP contribution in [-0.2, 0) is 13.0 Å². The van der Waals surface area contributed by atoms with E-state index in [9.17, 15) is 0 Å². The first-order chi connectivity index (χ1) is 7.45. The van der Waals surface area contributed by atoms with Crippen molar-refractivity contribution < 1.29 is 0 Å². The molecule has 4 heteroatoms. The average molecular weight is 221 g/mol.